The third-order valence-corrected chi connectivity index (χ3v) is 6.19. The number of nitrogens with zero attached hydrogens (tertiary/aromatic N) is 1. The zero-order valence-electron chi connectivity index (χ0n) is 22.4. The Labute approximate surface area is 211 Å². The van der Waals surface area contributed by atoms with Gasteiger partial charge in [0.05, 0.1) is 0 Å². The van der Waals surface area contributed by atoms with Crippen molar-refractivity contribution in [3.05, 3.63) is 65.2 Å². The van der Waals surface area contributed by atoms with E-state index in [1.807, 2.05) is 50.2 Å². The standard InChI is InChI=1S/C30H43NO4/c1-7-12-29(32)34-21-24-16-17-28(35-30(33)13-8-2)27(20-24)26(25-14-10-9-11-15-25)18-19-31(22(3)4)23(5)6/h9-11,14-17,20,22-23,26H,7-8,12-13,18-19,21H2,1-6H3. The van der Waals surface area contributed by atoms with Gasteiger partial charge in [-0.1, -0.05) is 50.2 Å². The third-order valence-electron chi connectivity index (χ3n) is 6.19. The molecular formula is C30H43NO4. The molecule has 0 aromatic heterocycles. The van der Waals surface area contributed by atoms with Gasteiger partial charge in [0.2, 0.25) is 0 Å². The molecule has 5 heteroatoms. The van der Waals surface area contributed by atoms with E-state index >= 15 is 0 Å². The van der Waals surface area contributed by atoms with Gasteiger partial charge in [-0.3, -0.25) is 14.5 Å². The molecule has 0 heterocycles. The van der Waals surface area contributed by atoms with Crippen LogP contribution in [0.5, 0.6) is 5.75 Å². The lowest BCUT2D eigenvalue weighted by Gasteiger charge is -2.32. The summed E-state index contributed by atoms with van der Waals surface area (Å²) < 4.78 is 11.3. The summed E-state index contributed by atoms with van der Waals surface area (Å²) in [6.07, 6.45) is 3.15. The van der Waals surface area contributed by atoms with Crippen LogP contribution in [0.15, 0.2) is 48.5 Å². The summed E-state index contributed by atoms with van der Waals surface area (Å²) in [5.74, 6) is 0.193. The van der Waals surface area contributed by atoms with Crippen LogP contribution in [-0.4, -0.2) is 35.5 Å². The highest BCUT2D eigenvalue weighted by Crippen LogP contribution is 2.36. The normalized spacial score (nSPS) is 12.3. The molecule has 5 nitrogen and oxygen atoms in total. The first-order valence-electron chi connectivity index (χ1n) is 13.1. The largest absolute Gasteiger partial charge is 0.461 e. The van der Waals surface area contributed by atoms with Crippen LogP contribution in [0.4, 0.5) is 0 Å². The van der Waals surface area contributed by atoms with E-state index in [1.165, 1.54) is 5.56 Å². The zero-order valence-corrected chi connectivity index (χ0v) is 22.4. The van der Waals surface area contributed by atoms with Crippen molar-refractivity contribution in [2.45, 2.75) is 98.3 Å². The highest BCUT2D eigenvalue weighted by atomic mass is 16.5. The summed E-state index contributed by atoms with van der Waals surface area (Å²) in [5, 5.41) is 0. The molecule has 0 aliphatic rings. The molecule has 2 aromatic carbocycles. The predicted molar refractivity (Wildman–Crippen MR) is 142 cm³/mol. The number of carbonyl (C=O) groups is 2. The van der Waals surface area contributed by atoms with Crippen LogP contribution in [0.25, 0.3) is 0 Å². The van der Waals surface area contributed by atoms with Gasteiger partial charge in [0.15, 0.2) is 0 Å². The Kier molecular flexibility index (Phi) is 12.0. The molecule has 0 radical (unpaired) electrons. The van der Waals surface area contributed by atoms with Crippen molar-refractivity contribution >= 4 is 11.9 Å². The molecule has 0 aliphatic heterocycles. The molecule has 0 saturated carbocycles. The van der Waals surface area contributed by atoms with Crippen LogP contribution < -0.4 is 4.74 Å². The molecule has 1 unspecified atom stereocenters. The summed E-state index contributed by atoms with van der Waals surface area (Å²) in [4.78, 5) is 26.9. The minimum Gasteiger partial charge on any atom is -0.461 e. The first-order chi connectivity index (χ1) is 16.8. The van der Waals surface area contributed by atoms with Crippen LogP contribution in [0.3, 0.4) is 0 Å². The van der Waals surface area contributed by atoms with E-state index in [4.69, 9.17) is 9.47 Å². The second-order valence-electron chi connectivity index (χ2n) is 9.68. The van der Waals surface area contributed by atoms with Crippen molar-refractivity contribution in [2.75, 3.05) is 6.54 Å². The van der Waals surface area contributed by atoms with Crippen molar-refractivity contribution in [1.82, 2.24) is 4.90 Å². The number of ether oxygens (including phenoxy) is 2. The van der Waals surface area contributed by atoms with E-state index in [9.17, 15) is 9.59 Å². The SMILES string of the molecule is CCCC(=O)OCc1ccc(OC(=O)CCC)c(C(CCN(C(C)C)C(C)C)c2ccccc2)c1. The van der Waals surface area contributed by atoms with E-state index < -0.39 is 0 Å². The average Bonchev–Trinajstić information content (AvgIpc) is 2.82. The average molecular weight is 482 g/mol. The summed E-state index contributed by atoms with van der Waals surface area (Å²) in [6.45, 7) is 13.9. The van der Waals surface area contributed by atoms with Gasteiger partial charge in [0, 0.05) is 36.4 Å². The van der Waals surface area contributed by atoms with Crippen molar-refractivity contribution in [1.29, 1.82) is 0 Å². The van der Waals surface area contributed by atoms with Crippen molar-refractivity contribution < 1.29 is 19.1 Å². The monoisotopic (exact) mass is 481 g/mol. The summed E-state index contributed by atoms with van der Waals surface area (Å²) in [5.41, 5.74) is 3.02. The summed E-state index contributed by atoms with van der Waals surface area (Å²) in [7, 11) is 0. The van der Waals surface area contributed by atoms with Crippen LogP contribution in [0.2, 0.25) is 0 Å². The molecule has 0 aliphatic carbocycles. The zero-order chi connectivity index (χ0) is 25.8. The highest BCUT2D eigenvalue weighted by molar-refractivity contribution is 5.73. The number of rotatable bonds is 14. The van der Waals surface area contributed by atoms with Gasteiger partial charge in [0.1, 0.15) is 12.4 Å². The van der Waals surface area contributed by atoms with Crippen molar-refractivity contribution in [3.8, 4) is 5.75 Å². The molecule has 0 bridgehead atoms. The smallest absolute Gasteiger partial charge is 0.311 e. The molecular weight excluding hydrogens is 438 g/mol. The maximum atomic E-state index is 12.4. The van der Waals surface area contributed by atoms with Crippen LogP contribution >= 0.6 is 0 Å². The molecule has 2 aromatic rings. The Morgan fingerprint density at radius 1 is 0.857 bits per heavy atom. The number of carbonyl (C=O) groups excluding carboxylic acids is 2. The van der Waals surface area contributed by atoms with Crippen LogP contribution in [-0.2, 0) is 20.9 Å². The minimum absolute atomic E-state index is 0.0342. The Hall–Kier alpha value is -2.66. The number of hydrogen-bond acceptors (Lipinski definition) is 5. The molecule has 0 saturated heterocycles. The molecule has 35 heavy (non-hydrogen) atoms. The van der Waals surface area contributed by atoms with Crippen LogP contribution in [0.1, 0.15) is 96.3 Å². The van der Waals surface area contributed by atoms with Gasteiger partial charge in [-0.05, 0) is 76.8 Å². The van der Waals surface area contributed by atoms with E-state index in [1.54, 1.807) is 0 Å². The molecule has 1 atom stereocenters. The van der Waals surface area contributed by atoms with Crippen LogP contribution in [0, 0.1) is 0 Å². The fourth-order valence-electron chi connectivity index (χ4n) is 4.45. The lowest BCUT2D eigenvalue weighted by molar-refractivity contribution is -0.145. The van der Waals surface area contributed by atoms with Gasteiger partial charge >= 0.3 is 11.9 Å². The number of benzene rings is 2. The molecule has 2 rings (SSSR count). The van der Waals surface area contributed by atoms with Gasteiger partial charge in [0.25, 0.3) is 0 Å². The van der Waals surface area contributed by atoms with E-state index in [-0.39, 0.29) is 24.5 Å². The lowest BCUT2D eigenvalue weighted by Crippen LogP contribution is -2.38. The maximum absolute atomic E-state index is 12.4. The van der Waals surface area contributed by atoms with Crippen molar-refractivity contribution in [2.24, 2.45) is 0 Å². The lowest BCUT2D eigenvalue weighted by atomic mass is 9.86. The van der Waals surface area contributed by atoms with Gasteiger partial charge in [-0.15, -0.1) is 0 Å². The Morgan fingerprint density at radius 3 is 2.09 bits per heavy atom. The fourth-order valence-corrected chi connectivity index (χ4v) is 4.45. The topological polar surface area (TPSA) is 55.8 Å². The summed E-state index contributed by atoms with van der Waals surface area (Å²) in [6, 6.07) is 17.0. The predicted octanol–water partition coefficient (Wildman–Crippen LogP) is 6.88. The number of hydrogen-bond donors (Lipinski definition) is 0. The van der Waals surface area contributed by atoms with E-state index in [0.29, 0.717) is 30.7 Å². The second kappa shape index (κ2) is 14.7. The number of esters is 2. The van der Waals surface area contributed by atoms with Gasteiger partial charge < -0.3 is 9.47 Å². The van der Waals surface area contributed by atoms with Crippen molar-refractivity contribution in [3.63, 3.8) is 0 Å². The first-order valence-corrected chi connectivity index (χ1v) is 13.1. The Morgan fingerprint density at radius 2 is 1.49 bits per heavy atom. The molecule has 192 valence electrons. The minimum atomic E-state index is -0.228. The second-order valence-corrected chi connectivity index (χ2v) is 9.68. The molecule has 0 amide bonds. The summed E-state index contributed by atoms with van der Waals surface area (Å²) >= 11 is 0. The first kappa shape index (κ1) is 28.6. The molecule has 0 spiro atoms. The Bertz CT molecular complexity index is 915. The van der Waals surface area contributed by atoms with E-state index in [0.717, 1.165) is 36.9 Å². The third kappa shape index (κ3) is 9.14. The maximum Gasteiger partial charge on any atom is 0.311 e. The van der Waals surface area contributed by atoms with E-state index in [2.05, 4.69) is 44.7 Å². The van der Waals surface area contributed by atoms with Gasteiger partial charge in [-0.25, -0.2) is 0 Å². The molecule has 0 fully saturated rings. The van der Waals surface area contributed by atoms with Gasteiger partial charge in [-0.2, -0.15) is 0 Å². The highest BCUT2D eigenvalue weighted by Gasteiger charge is 2.23. The fraction of sp³-hybridized carbons (Fsp3) is 0.533. The molecule has 0 N–H and O–H groups in total. The quantitative estimate of drug-likeness (QED) is 0.217. The Balaban J connectivity index is 2.46.